The summed E-state index contributed by atoms with van der Waals surface area (Å²) in [5.74, 6) is 0. The Kier molecular flexibility index (Phi) is 2.46. The van der Waals surface area contributed by atoms with Gasteiger partial charge in [-0.1, -0.05) is 29.5 Å². The first kappa shape index (κ1) is 8.76. The van der Waals surface area contributed by atoms with Crippen molar-refractivity contribution < 1.29 is 0 Å². The SMILES string of the molecule is Nc1nnc(NNc2ccccc2)s1. The molecule has 4 N–H and O–H groups in total. The molecule has 0 spiro atoms. The van der Waals surface area contributed by atoms with Crippen LogP contribution in [0.1, 0.15) is 0 Å². The van der Waals surface area contributed by atoms with Crippen molar-refractivity contribution in [2.45, 2.75) is 0 Å². The minimum atomic E-state index is 0.447. The van der Waals surface area contributed by atoms with Crippen molar-refractivity contribution in [3.05, 3.63) is 30.3 Å². The van der Waals surface area contributed by atoms with Gasteiger partial charge < -0.3 is 5.73 Å². The molecule has 0 amide bonds. The van der Waals surface area contributed by atoms with Crippen LogP contribution in [0.15, 0.2) is 30.3 Å². The van der Waals surface area contributed by atoms with Gasteiger partial charge in [-0.25, -0.2) is 0 Å². The summed E-state index contributed by atoms with van der Waals surface area (Å²) in [6.07, 6.45) is 0. The average Bonchev–Trinajstić information content (AvgIpc) is 2.63. The molecule has 0 unspecified atom stereocenters. The fraction of sp³-hybridized carbons (Fsp3) is 0. The van der Waals surface area contributed by atoms with E-state index in [2.05, 4.69) is 21.0 Å². The summed E-state index contributed by atoms with van der Waals surface area (Å²) < 4.78 is 0. The first-order valence-corrected chi connectivity index (χ1v) is 4.82. The third-order valence-corrected chi connectivity index (χ3v) is 2.20. The monoisotopic (exact) mass is 207 g/mol. The van der Waals surface area contributed by atoms with Crippen molar-refractivity contribution in [2.75, 3.05) is 16.6 Å². The Labute approximate surface area is 84.9 Å². The lowest BCUT2D eigenvalue weighted by molar-refractivity contribution is 1.09. The number of hydrazine groups is 1. The van der Waals surface area contributed by atoms with Gasteiger partial charge in [0, 0.05) is 0 Å². The lowest BCUT2D eigenvalue weighted by Crippen LogP contribution is -2.07. The summed E-state index contributed by atoms with van der Waals surface area (Å²) in [6, 6.07) is 9.72. The first-order valence-electron chi connectivity index (χ1n) is 4.00. The zero-order valence-electron chi connectivity index (χ0n) is 7.27. The van der Waals surface area contributed by atoms with Gasteiger partial charge in [-0.15, -0.1) is 10.2 Å². The highest BCUT2D eigenvalue weighted by Gasteiger charge is 1.98. The maximum Gasteiger partial charge on any atom is 0.225 e. The minimum Gasteiger partial charge on any atom is -0.374 e. The lowest BCUT2D eigenvalue weighted by atomic mass is 10.3. The van der Waals surface area contributed by atoms with Crippen molar-refractivity contribution in [2.24, 2.45) is 0 Å². The second-order valence-corrected chi connectivity index (χ2v) is 3.57. The van der Waals surface area contributed by atoms with Gasteiger partial charge in [-0.05, 0) is 12.1 Å². The van der Waals surface area contributed by atoms with Crippen LogP contribution in [0.4, 0.5) is 16.0 Å². The van der Waals surface area contributed by atoms with E-state index >= 15 is 0 Å². The average molecular weight is 207 g/mol. The Hall–Kier alpha value is -1.82. The molecule has 0 aliphatic heterocycles. The molecule has 0 bridgehead atoms. The predicted molar refractivity (Wildman–Crippen MR) is 58.0 cm³/mol. The molecule has 0 aliphatic rings. The number of aromatic nitrogens is 2. The third-order valence-electron chi connectivity index (χ3n) is 1.53. The minimum absolute atomic E-state index is 0.447. The molecule has 6 heteroatoms. The fourth-order valence-electron chi connectivity index (χ4n) is 0.932. The summed E-state index contributed by atoms with van der Waals surface area (Å²) in [5.41, 5.74) is 12.3. The van der Waals surface area contributed by atoms with Gasteiger partial charge >= 0.3 is 0 Å². The van der Waals surface area contributed by atoms with Gasteiger partial charge in [0.15, 0.2) is 0 Å². The van der Waals surface area contributed by atoms with Crippen molar-refractivity contribution in [1.29, 1.82) is 0 Å². The summed E-state index contributed by atoms with van der Waals surface area (Å²) >= 11 is 1.29. The zero-order chi connectivity index (χ0) is 9.80. The van der Waals surface area contributed by atoms with E-state index in [1.54, 1.807) is 0 Å². The summed E-state index contributed by atoms with van der Waals surface area (Å²) in [6.45, 7) is 0. The standard InChI is InChI=1S/C8H9N5S/c9-7-11-13-8(14-7)12-10-6-4-2-1-3-5-6/h1-5,10H,(H2,9,11)(H,12,13). The molecule has 2 rings (SSSR count). The van der Waals surface area contributed by atoms with Gasteiger partial charge in [0.2, 0.25) is 10.3 Å². The molecule has 1 aromatic carbocycles. The quantitative estimate of drug-likeness (QED) is 0.666. The first-order chi connectivity index (χ1) is 6.84. The lowest BCUT2D eigenvalue weighted by Gasteiger charge is -2.04. The van der Waals surface area contributed by atoms with Crippen LogP contribution in [0.3, 0.4) is 0 Å². The highest BCUT2D eigenvalue weighted by molar-refractivity contribution is 7.18. The molecule has 14 heavy (non-hydrogen) atoms. The van der Waals surface area contributed by atoms with Gasteiger partial charge in [0.1, 0.15) is 0 Å². The number of para-hydroxylation sites is 1. The topological polar surface area (TPSA) is 75.9 Å². The second-order valence-electron chi connectivity index (χ2n) is 2.56. The maximum atomic E-state index is 5.42. The maximum absolute atomic E-state index is 5.42. The van der Waals surface area contributed by atoms with Crippen LogP contribution in [-0.2, 0) is 0 Å². The number of nitrogen functional groups attached to an aromatic ring is 1. The highest BCUT2D eigenvalue weighted by Crippen LogP contribution is 2.16. The molecule has 0 saturated heterocycles. The molecular weight excluding hydrogens is 198 g/mol. The number of rotatable bonds is 3. The Morgan fingerprint density at radius 1 is 1.07 bits per heavy atom. The van der Waals surface area contributed by atoms with E-state index in [1.165, 1.54) is 11.3 Å². The molecule has 1 heterocycles. The molecule has 2 aromatic rings. The van der Waals surface area contributed by atoms with Gasteiger partial charge in [0.05, 0.1) is 5.69 Å². The largest absolute Gasteiger partial charge is 0.374 e. The van der Waals surface area contributed by atoms with Crippen molar-refractivity contribution in [3.8, 4) is 0 Å². The Bertz CT molecular complexity index is 399. The van der Waals surface area contributed by atoms with E-state index in [0.29, 0.717) is 10.3 Å². The second kappa shape index (κ2) is 3.93. The normalized spacial score (nSPS) is 9.71. The molecule has 0 atom stereocenters. The molecular formula is C8H9N5S. The number of anilines is 3. The smallest absolute Gasteiger partial charge is 0.225 e. The number of nitrogens with zero attached hydrogens (tertiary/aromatic N) is 2. The van der Waals surface area contributed by atoms with E-state index < -0.39 is 0 Å². The molecule has 0 saturated carbocycles. The van der Waals surface area contributed by atoms with E-state index in [1.807, 2.05) is 30.3 Å². The fourth-order valence-corrected chi connectivity index (χ4v) is 1.40. The van der Waals surface area contributed by atoms with Crippen LogP contribution >= 0.6 is 11.3 Å². The van der Waals surface area contributed by atoms with E-state index in [4.69, 9.17) is 5.73 Å². The molecule has 0 radical (unpaired) electrons. The number of nitrogens with two attached hydrogens (primary N) is 1. The Balaban J connectivity index is 1.95. The van der Waals surface area contributed by atoms with Gasteiger partial charge in [-0.3, -0.25) is 10.9 Å². The van der Waals surface area contributed by atoms with Crippen LogP contribution in [0.25, 0.3) is 0 Å². The number of hydrogen-bond acceptors (Lipinski definition) is 6. The molecule has 5 nitrogen and oxygen atoms in total. The Morgan fingerprint density at radius 2 is 1.86 bits per heavy atom. The number of benzene rings is 1. The molecule has 0 fully saturated rings. The van der Waals surface area contributed by atoms with Crippen LogP contribution in [0, 0.1) is 0 Å². The highest BCUT2D eigenvalue weighted by atomic mass is 32.1. The van der Waals surface area contributed by atoms with Crippen LogP contribution in [0.2, 0.25) is 0 Å². The van der Waals surface area contributed by atoms with Crippen LogP contribution < -0.4 is 16.6 Å². The zero-order valence-corrected chi connectivity index (χ0v) is 8.08. The van der Waals surface area contributed by atoms with Crippen molar-refractivity contribution >= 4 is 27.3 Å². The van der Waals surface area contributed by atoms with Crippen molar-refractivity contribution in [3.63, 3.8) is 0 Å². The van der Waals surface area contributed by atoms with Crippen molar-refractivity contribution in [1.82, 2.24) is 10.2 Å². The third kappa shape index (κ3) is 2.11. The van der Waals surface area contributed by atoms with E-state index in [-0.39, 0.29) is 0 Å². The van der Waals surface area contributed by atoms with Gasteiger partial charge in [0.25, 0.3) is 0 Å². The Morgan fingerprint density at radius 3 is 2.50 bits per heavy atom. The van der Waals surface area contributed by atoms with Gasteiger partial charge in [-0.2, -0.15) is 0 Å². The van der Waals surface area contributed by atoms with E-state index in [0.717, 1.165) is 5.69 Å². The number of nitrogens with one attached hydrogen (secondary N) is 2. The molecule has 72 valence electrons. The van der Waals surface area contributed by atoms with Crippen LogP contribution in [-0.4, -0.2) is 10.2 Å². The molecule has 1 aromatic heterocycles. The molecule has 0 aliphatic carbocycles. The summed E-state index contributed by atoms with van der Waals surface area (Å²) in [4.78, 5) is 0. The number of hydrogen-bond donors (Lipinski definition) is 3. The summed E-state index contributed by atoms with van der Waals surface area (Å²) in [7, 11) is 0. The van der Waals surface area contributed by atoms with E-state index in [9.17, 15) is 0 Å². The summed E-state index contributed by atoms with van der Waals surface area (Å²) in [5, 5.41) is 8.56. The van der Waals surface area contributed by atoms with Crippen LogP contribution in [0.5, 0.6) is 0 Å². The predicted octanol–water partition coefficient (Wildman–Crippen LogP) is 1.56.